The Hall–Kier alpha value is -0.710. The Balaban J connectivity index is 2.28. The zero-order valence-corrected chi connectivity index (χ0v) is 13.9. The van der Waals surface area contributed by atoms with Gasteiger partial charge < -0.3 is 5.73 Å². The molecule has 19 heavy (non-hydrogen) atoms. The lowest BCUT2D eigenvalue weighted by Crippen LogP contribution is -2.10. The van der Waals surface area contributed by atoms with Crippen LogP contribution in [0.3, 0.4) is 0 Å². The summed E-state index contributed by atoms with van der Waals surface area (Å²) in [7, 11) is 0. The summed E-state index contributed by atoms with van der Waals surface area (Å²) in [4.78, 5) is 8.55. The number of aromatic nitrogens is 1. The van der Waals surface area contributed by atoms with Crippen LogP contribution in [0.1, 0.15) is 59.1 Å². The fourth-order valence-electron chi connectivity index (χ4n) is 1.96. The average Bonchev–Trinajstić information content (AvgIpc) is 2.93. The van der Waals surface area contributed by atoms with E-state index in [0.717, 1.165) is 11.4 Å². The molecule has 0 spiro atoms. The second-order valence-corrected chi connectivity index (χ2v) is 8.19. The van der Waals surface area contributed by atoms with Crippen molar-refractivity contribution in [3.63, 3.8) is 0 Å². The maximum absolute atomic E-state index is 6.37. The van der Waals surface area contributed by atoms with Crippen LogP contribution in [0.5, 0.6) is 0 Å². The van der Waals surface area contributed by atoms with E-state index in [1.54, 1.807) is 11.3 Å². The molecule has 0 aliphatic carbocycles. The SMILES string of the molecule is CCc1nc(C(N)c2ccc(C(C)(C)C)s2)sc1C. The maximum Gasteiger partial charge on any atom is 0.115 e. The molecule has 104 valence electrons. The molecule has 2 aromatic heterocycles. The molecule has 0 aliphatic rings. The van der Waals surface area contributed by atoms with Crippen LogP contribution in [0.4, 0.5) is 0 Å². The summed E-state index contributed by atoms with van der Waals surface area (Å²) in [5.41, 5.74) is 7.74. The van der Waals surface area contributed by atoms with E-state index in [9.17, 15) is 0 Å². The number of nitrogens with zero attached hydrogens (tertiary/aromatic N) is 1. The van der Waals surface area contributed by atoms with Gasteiger partial charge in [0.05, 0.1) is 11.7 Å². The standard InChI is InChI=1S/C15H22N2S2/c1-6-10-9(2)18-14(17-10)13(16)11-7-8-12(19-11)15(3,4)5/h7-8,13H,6,16H2,1-5H3. The fraction of sp³-hybridized carbons (Fsp3) is 0.533. The van der Waals surface area contributed by atoms with Crippen molar-refractivity contribution in [2.75, 3.05) is 0 Å². The normalized spacial score (nSPS) is 13.8. The van der Waals surface area contributed by atoms with Gasteiger partial charge in [-0.25, -0.2) is 4.98 Å². The van der Waals surface area contributed by atoms with Gasteiger partial charge in [-0.2, -0.15) is 0 Å². The first-order valence-electron chi connectivity index (χ1n) is 6.65. The summed E-state index contributed by atoms with van der Waals surface area (Å²) in [5.74, 6) is 0. The minimum absolute atomic E-state index is 0.0786. The third kappa shape index (κ3) is 3.07. The van der Waals surface area contributed by atoms with Crippen LogP contribution in [0.25, 0.3) is 0 Å². The highest BCUT2D eigenvalue weighted by Gasteiger charge is 2.21. The molecule has 1 atom stereocenters. The molecule has 0 saturated carbocycles. The zero-order valence-electron chi connectivity index (χ0n) is 12.3. The summed E-state index contributed by atoms with van der Waals surface area (Å²) >= 11 is 3.54. The Morgan fingerprint density at radius 3 is 2.42 bits per heavy atom. The molecule has 0 aromatic carbocycles. The predicted molar refractivity (Wildman–Crippen MR) is 85.3 cm³/mol. The number of aryl methyl sites for hydroxylation is 2. The molecule has 2 nitrogen and oxygen atoms in total. The lowest BCUT2D eigenvalue weighted by atomic mass is 9.95. The van der Waals surface area contributed by atoms with Crippen molar-refractivity contribution in [1.29, 1.82) is 0 Å². The van der Waals surface area contributed by atoms with Crippen LogP contribution >= 0.6 is 22.7 Å². The summed E-state index contributed by atoms with van der Waals surface area (Å²) in [5, 5.41) is 1.04. The monoisotopic (exact) mass is 294 g/mol. The molecule has 4 heteroatoms. The molecule has 2 rings (SSSR count). The number of thiophene rings is 1. The molecular weight excluding hydrogens is 272 g/mol. The number of hydrogen-bond donors (Lipinski definition) is 1. The van der Waals surface area contributed by atoms with Gasteiger partial charge in [-0.1, -0.05) is 27.7 Å². The summed E-state index contributed by atoms with van der Waals surface area (Å²) in [6.45, 7) is 11.0. The van der Waals surface area contributed by atoms with Crippen LogP contribution in [0.2, 0.25) is 0 Å². The van der Waals surface area contributed by atoms with Crippen LogP contribution in [-0.2, 0) is 11.8 Å². The van der Waals surface area contributed by atoms with E-state index in [1.807, 2.05) is 11.3 Å². The van der Waals surface area contributed by atoms with E-state index in [4.69, 9.17) is 5.73 Å². The Bertz CT molecular complexity index is 561. The average molecular weight is 294 g/mol. The summed E-state index contributed by atoms with van der Waals surface area (Å²) < 4.78 is 0. The Morgan fingerprint density at radius 2 is 1.95 bits per heavy atom. The molecule has 1 unspecified atom stereocenters. The quantitative estimate of drug-likeness (QED) is 0.910. The van der Waals surface area contributed by atoms with Gasteiger partial charge in [0.2, 0.25) is 0 Å². The van der Waals surface area contributed by atoms with Gasteiger partial charge >= 0.3 is 0 Å². The third-order valence-corrected chi connectivity index (χ3v) is 5.87. The van der Waals surface area contributed by atoms with Gasteiger partial charge in [-0.3, -0.25) is 0 Å². The van der Waals surface area contributed by atoms with Crippen LogP contribution in [-0.4, -0.2) is 4.98 Å². The second-order valence-electron chi connectivity index (χ2n) is 5.84. The first-order chi connectivity index (χ1) is 8.82. The van der Waals surface area contributed by atoms with Crippen molar-refractivity contribution in [2.45, 2.75) is 52.5 Å². The fourth-order valence-corrected chi connectivity index (χ4v) is 4.13. The van der Waals surface area contributed by atoms with Crippen molar-refractivity contribution < 1.29 is 0 Å². The van der Waals surface area contributed by atoms with Crippen LogP contribution < -0.4 is 5.73 Å². The minimum atomic E-state index is -0.0786. The van der Waals surface area contributed by atoms with Crippen LogP contribution in [0, 0.1) is 6.92 Å². The number of thiazole rings is 1. The molecule has 2 N–H and O–H groups in total. The highest BCUT2D eigenvalue weighted by molar-refractivity contribution is 7.13. The molecule has 0 amide bonds. The van der Waals surface area contributed by atoms with Crippen molar-refractivity contribution in [1.82, 2.24) is 4.98 Å². The van der Waals surface area contributed by atoms with Gasteiger partial charge in [-0.05, 0) is 30.9 Å². The first kappa shape index (κ1) is 14.7. The number of hydrogen-bond acceptors (Lipinski definition) is 4. The van der Waals surface area contributed by atoms with Gasteiger partial charge in [0.1, 0.15) is 5.01 Å². The maximum atomic E-state index is 6.37. The van der Waals surface area contributed by atoms with E-state index < -0.39 is 0 Å². The van der Waals surface area contributed by atoms with E-state index in [0.29, 0.717) is 0 Å². The van der Waals surface area contributed by atoms with E-state index in [2.05, 4.69) is 51.7 Å². The van der Waals surface area contributed by atoms with Gasteiger partial charge in [-0.15, -0.1) is 22.7 Å². The summed E-state index contributed by atoms with van der Waals surface area (Å²) in [6, 6.07) is 4.27. The second kappa shape index (κ2) is 5.35. The van der Waals surface area contributed by atoms with E-state index >= 15 is 0 Å². The van der Waals surface area contributed by atoms with Crippen molar-refractivity contribution in [2.24, 2.45) is 5.73 Å². The Labute approximate surface area is 123 Å². The summed E-state index contributed by atoms with van der Waals surface area (Å²) in [6.07, 6.45) is 0.979. The number of rotatable bonds is 3. The van der Waals surface area contributed by atoms with Gasteiger partial charge in [0.15, 0.2) is 0 Å². The third-order valence-electron chi connectivity index (χ3n) is 3.18. The molecule has 0 radical (unpaired) electrons. The highest BCUT2D eigenvalue weighted by Crippen LogP contribution is 2.35. The Morgan fingerprint density at radius 1 is 1.26 bits per heavy atom. The van der Waals surface area contributed by atoms with E-state index in [-0.39, 0.29) is 11.5 Å². The molecule has 0 aliphatic heterocycles. The molecular formula is C15H22N2S2. The smallest absolute Gasteiger partial charge is 0.115 e. The number of nitrogens with two attached hydrogens (primary N) is 1. The minimum Gasteiger partial charge on any atom is -0.318 e. The van der Waals surface area contributed by atoms with Gasteiger partial charge in [0, 0.05) is 14.6 Å². The Kier molecular flexibility index (Phi) is 4.14. The van der Waals surface area contributed by atoms with Crippen LogP contribution in [0.15, 0.2) is 12.1 Å². The van der Waals surface area contributed by atoms with E-state index in [1.165, 1.54) is 20.3 Å². The van der Waals surface area contributed by atoms with Crippen molar-refractivity contribution >= 4 is 22.7 Å². The van der Waals surface area contributed by atoms with Gasteiger partial charge in [0.25, 0.3) is 0 Å². The topological polar surface area (TPSA) is 38.9 Å². The lowest BCUT2D eigenvalue weighted by Gasteiger charge is -2.15. The first-order valence-corrected chi connectivity index (χ1v) is 8.28. The highest BCUT2D eigenvalue weighted by atomic mass is 32.1. The molecule has 0 fully saturated rings. The molecule has 0 bridgehead atoms. The zero-order chi connectivity index (χ0) is 14.2. The molecule has 2 heterocycles. The predicted octanol–water partition coefficient (Wildman–Crippen LogP) is 4.42. The largest absolute Gasteiger partial charge is 0.318 e. The van der Waals surface area contributed by atoms with Crippen molar-refractivity contribution in [3.8, 4) is 0 Å². The van der Waals surface area contributed by atoms with Crippen molar-refractivity contribution in [3.05, 3.63) is 37.5 Å². The molecule has 2 aromatic rings. The lowest BCUT2D eigenvalue weighted by molar-refractivity contribution is 0.604. The molecule has 0 saturated heterocycles.